The van der Waals surface area contributed by atoms with Gasteiger partial charge in [-0.25, -0.2) is 4.79 Å². The predicted molar refractivity (Wildman–Crippen MR) is 51.7 cm³/mol. The third-order valence-corrected chi connectivity index (χ3v) is 3.01. The fourth-order valence-electron chi connectivity index (χ4n) is 2.19. The number of rotatable bonds is 2. The fourth-order valence-corrected chi connectivity index (χ4v) is 2.19. The van der Waals surface area contributed by atoms with Crippen molar-refractivity contribution in [3.8, 4) is 0 Å². The van der Waals surface area contributed by atoms with Crippen LogP contribution in [0.1, 0.15) is 12.8 Å². The zero-order valence-corrected chi connectivity index (χ0v) is 8.48. The minimum absolute atomic E-state index is 0.114. The maximum absolute atomic E-state index is 11.5. The molecule has 80 valence electrons. The Morgan fingerprint density at radius 3 is 2.93 bits per heavy atom. The SMILES string of the molecule is CN1CCCC1N1C[C@H](CN)OC1=O. The molecule has 2 aliphatic rings. The van der Waals surface area contributed by atoms with Gasteiger partial charge in [0.1, 0.15) is 6.10 Å². The predicted octanol–water partition coefficient (Wildman–Crippen LogP) is -0.182. The summed E-state index contributed by atoms with van der Waals surface area (Å²) in [5, 5.41) is 0. The zero-order chi connectivity index (χ0) is 10.1. The van der Waals surface area contributed by atoms with E-state index in [1.165, 1.54) is 0 Å². The molecule has 2 N–H and O–H groups in total. The van der Waals surface area contributed by atoms with Crippen LogP contribution in [0.25, 0.3) is 0 Å². The van der Waals surface area contributed by atoms with Crippen LogP contribution in [0, 0.1) is 0 Å². The molecule has 5 heteroatoms. The lowest BCUT2D eigenvalue weighted by Gasteiger charge is -2.27. The third-order valence-electron chi connectivity index (χ3n) is 3.01. The summed E-state index contributed by atoms with van der Waals surface area (Å²) < 4.78 is 5.12. The van der Waals surface area contributed by atoms with E-state index < -0.39 is 0 Å². The maximum atomic E-state index is 11.5. The summed E-state index contributed by atoms with van der Waals surface area (Å²) in [7, 11) is 2.04. The minimum Gasteiger partial charge on any atom is -0.443 e. The first-order valence-corrected chi connectivity index (χ1v) is 5.10. The number of nitrogens with zero attached hydrogens (tertiary/aromatic N) is 2. The molecule has 0 radical (unpaired) electrons. The number of nitrogens with two attached hydrogens (primary N) is 1. The third kappa shape index (κ3) is 1.57. The number of amides is 1. The van der Waals surface area contributed by atoms with Crippen molar-refractivity contribution >= 4 is 6.09 Å². The minimum atomic E-state index is -0.209. The van der Waals surface area contributed by atoms with Gasteiger partial charge in [-0.05, 0) is 26.4 Å². The van der Waals surface area contributed by atoms with Crippen molar-refractivity contribution in [1.29, 1.82) is 0 Å². The van der Waals surface area contributed by atoms with Crippen LogP contribution in [0.3, 0.4) is 0 Å². The molecule has 2 saturated heterocycles. The molecule has 0 saturated carbocycles. The smallest absolute Gasteiger partial charge is 0.411 e. The van der Waals surface area contributed by atoms with E-state index in [0.717, 1.165) is 19.4 Å². The molecule has 2 heterocycles. The summed E-state index contributed by atoms with van der Waals surface area (Å²) in [5.41, 5.74) is 5.47. The molecule has 0 aromatic rings. The van der Waals surface area contributed by atoms with E-state index in [0.29, 0.717) is 13.1 Å². The van der Waals surface area contributed by atoms with E-state index in [4.69, 9.17) is 10.5 Å². The first kappa shape index (κ1) is 9.73. The molecule has 1 unspecified atom stereocenters. The van der Waals surface area contributed by atoms with Gasteiger partial charge in [-0.2, -0.15) is 0 Å². The lowest BCUT2D eigenvalue weighted by molar-refractivity contribution is 0.107. The number of hydrogen-bond donors (Lipinski definition) is 1. The van der Waals surface area contributed by atoms with Crippen LogP contribution in [0.5, 0.6) is 0 Å². The van der Waals surface area contributed by atoms with Gasteiger partial charge in [-0.15, -0.1) is 0 Å². The van der Waals surface area contributed by atoms with Crippen LogP contribution in [-0.4, -0.2) is 54.8 Å². The van der Waals surface area contributed by atoms with Crippen molar-refractivity contribution in [1.82, 2.24) is 9.80 Å². The normalized spacial score (nSPS) is 33.9. The first-order valence-electron chi connectivity index (χ1n) is 5.10. The summed E-state index contributed by atoms with van der Waals surface area (Å²) in [4.78, 5) is 15.5. The maximum Gasteiger partial charge on any atom is 0.411 e. The summed E-state index contributed by atoms with van der Waals surface area (Å²) in [6.07, 6.45) is 2.09. The van der Waals surface area contributed by atoms with Gasteiger partial charge >= 0.3 is 6.09 Å². The number of carbonyl (C=O) groups excluding carboxylic acids is 1. The second-order valence-electron chi connectivity index (χ2n) is 4.00. The second-order valence-corrected chi connectivity index (χ2v) is 4.00. The Morgan fingerprint density at radius 1 is 1.64 bits per heavy atom. The molecule has 14 heavy (non-hydrogen) atoms. The van der Waals surface area contributed by atoms with Crippen molar-refractivity contribution in [2.45, 2.75) is 25.1 Å². The molecule has 0 spiro atoms. The van der Waals surface area contributed by atoms with E-state index in [9.17, 15) is 4.79 Å². The zero-order valence-electron chi connectivity index (χ0n) is 8.48. The number of cyclic esters (lactones) is 1. The van der Waals surface area contributed by atoms with E-state index in [-0.39, 0.29) is 18.4 Å². The molecule has 0 bridgehead atoms. The van der Waals surface area contributed by atoms with Crippen LogP contribution in [0.15, 0.2) is 0 Å². The van der Waals surface area contributed by atoms with Crippen LogP contribution >= 0.6 is 0 Å². The Balaban J connectivity index is 2.00. The molecular weight excluding hydrogens is 182 g/mol. The highest BCUT2D eigenvalue weighted by Gasteiger charge is 2.38. The molecule has 1 amide bonds. The number of likely N-dealkylation sites (tertiary alicyclic amines) is 1. The number of hydrogen-bond acceptors (Lipinski definition) is 4. The largest absolute Gasteiger partial charge is 0.443 e. The molecule has 2 rings (SSSR count). The van der Waals surface area contributed by atoms with Gasteiger partial charge in [0.2, 0.25) is 0 Å². The van der Waals surface area contributed by atoms with Crippen LogP contribution in [-0.2, 0) is 4.74 Å². The van der Waals surface area contributed by atoms with Crippen molar-refractivity contribution in [2.24, 2.45) is 5.73 Å². The van der Waals surface area contributed by atoms with E-state index >= 15 is 0 Å². The van der Waals surface area contributed by atoms with Crippen LogP contribution in [0.4, 0.5) is 4.79 Å². The monoisotopic (exact) mass is 199 g/mol. The standard InChI is InChI=1S/C9H17N3O2/c1-11-4-2-3-8(11)12-6-7(5-10)14-9(12)13/h7-8H,2-6,10H2,1H3/t7-,8?/m0/s1. The van der Waals surface area contributed by atoms with Crippen molar-refractivity contribution in [3.63, 3.8) is 0 Å². The van der Waals surface area contributed by atoms with Gasteiger partial charge in [0.15, 0.2) is 0 Å². The van der Waals surface area contributed by atoms with Crippen molar-refractivity contribution < 1.29 is 9.53 Å². The van der Waals surface area contributed by atoms with Gasteiger partial charge in [0.05, 0.1) is 12.7 Å². The first-order chi connectivity index (χ1) is 6.72. The van der Waals surface area contributed by atoms with E-state index in [2.05, 4.69) is 4.90 Å². The van der Waals surface area contributed by atoms with Gasteiger partial charge in [-0.3, -0.25) is 9.80 Å². The molecule has 2 atom stereocenters. The van der Waals surface area contributed by atoms with Crippen molar-refractivity contribution in [3.05, 3.63) is 0 Å². The van der Waals surface area contributed by atoms with Gasteiger partial charge in [0.25, 0.3) is 0 Å². The van der Waals surface area contributed by atoms with Gasteiger partial charge in [0, 0.05) is 6.54 Å². The Labute approximate surface area is 83.8 Å². The quantitative estimate of drug-likeness (QED) is 0.670. The average molecular weight is 199 g/mol. The molecule has 0 aromatic heterocycles. The van der Waals surface area contributed by atoms with Crippen molar-refractivity contribution in [2.75, 3.05) is 26.7 Å². The van der Waals surface area contributed by atoms with Gasteiger partial charge < -0.3 is 10.5 Å². The average Bonchev–Trinajstić information content (AvgIpc) is 2.72. The van der Waals surface area contributed by atoms with Crippen LogP contribution < -0.4 is 5.73 Å². The second kappa shape index (κ2) is 3.74. The molecule has 0 aromatic carbocycles. The van der Waals surface area contributed by atoms with Gasteiger partial charge in [-0.1, -0.05) is 0 Å². The van der Waals surface area contributed by atoms with E-state index in [1.807, 2.05) is 7.05 Å². The lowest BCUT2D eigenvalue weighted by Crippen LogP contribution is -2.43. The molecule has 5 nitrogen and oxygen atoms in total. The highest BCUT2D eigenvalue weighted by Crippen LogP contribution is 2.23. The summed E-state index contributed by atoms with van der Waals surface area (Å²) in [6.45, 7) is 2.12. The molecule has 2 aliphatic heterocycles. The Hall–Kier alpha value is -0.810. The number of carbonyl (C=O) groups is 1. The lowest BCUT2D eigenvalue weighted by atomic mass is 10.3. The topological polar surface area (TPSA) is 58.8 Å². The highest BCUT2D eigenvalue weighted by molar-refractivity contribution is 5.70. The van der Waals surface area contributed by atoms with E-state index in [1.54, 1.807) is 4.90 Å². The highest BCUT2D eigenvalue weighted by atomic mass is 16.6. The summed E-state index contributed by atoms with van der Waals surface area (Å²) >= 11 is 0. The summed E-state index contributed by atoms with van der Waals surface area (Å²) in [5.74, 6) is 0. The molecule has 0 aliphatic carbocycles. The number of ether oxygens (including phenoxy) is 1. The Morgan fingerprint density at radius 2 is 2.43 bits per heavy atom. The molecule has 2 fully saturated rings. The van der Waals surface area contributed by atoms with Crippen LogP contribution in [0.2, 0.25) is 0 Å². The fraction of sp³-hybridized carbons (Fsp3) is 0.889. The molecular formula is C9H17N3O2. The Kier molecular flexibility index (Phi) is 2.60. The summed E-state index contributed by atoms with van der Waals surface area (Å²) in [6, 6.07) is 0. The Bertz CT molecular complexity index is 234.